The zero-order valence-electron chi connectivity index (χ0n) is 29.7. The van der Waals surface area contributed by atoms with Gasteiger partial charge >= 0.3 is 0 Å². The third kappa shape index (κ3) is 5.86. The van der Waals surface area contributed by atoms with Crippen LogP contribution < -0.4 is 0 Å². The lowest BCUT2D eigenvalue weighted by atomic mass is 9.86. The van der Waals surface area contributed by atoms with Crippen LogP contribution in [0.15, 0.2) is 133 Å². The molecule has 0 radical (unpaired) electrons. The Bertz CT molecular complexity index is 2360. The van der Waals surface area contributed by atoms with Crippen LogP contribution in [0.25, 0.3) is 38.8 Å². The van der Waals surface area contributed by atoms with E-state index >= 15 is 0 Å². The van der Waals surface area contributed by atoms with E-state index in [1.807, 2.05) is 18.0 Å². The van der Waals surface area contributed by atoms with Crippen LogP contribution in [0.3, 0.4) is 0 Å². The van der Waals surface area contributed by atoms with Gasteiger partial charge in [0.1, 0.15) is 0 Å². The highest BCUT2D eigenvalue weighted by Gasteiger charge is 2.31. The molecule has 0 saturated heterocycles. The lowest BCUT2D eigenvalue weighted by molar-refractivity contribution is 0.589. The van der Waals surface area contributed by atoms with E-state index in [0.29, 0.717) is 0 Å². The fraction of sp³-hybridized carbons (Fsp3) is 0.217. The number of aromatic nitrogens is 2. The number of fused-ring (bicyclic) bond motifs is 3. The maximum absolute atomic E-state index is 5.50. The molecule has 4 heteroatoms. The molecule has 0 fully saturated rings. The molecule has 0 saturated carbocycles. The van der Waals surface area contributed by atoms with Crippen molar-refractivity contribution in [1.29, 1.82) is 0 Å². The van der Waals surface area contributed by atoms with Crippen molar-refractivity contribution in [3.8, 4) is 16.9 Å². The van der Waals surface area contributed by atoms with Gasteiger partial charge in [-0.2, -0.15) is 0 Å². The van der Waals surface area contributed by atoms with Gasteiger partial charge in [0.2, 0.25) is 0 Å². The SMILES string of the molecule is Cc1ccc2c(c1)c1ccc(-c3cc(C(C)(C)C)ccn3)cc1n2-c1cc(C2=N[C@H](C(c3ccccc3)c3ccccc3)CS2)c(C)cc1C. The summed E-state index contributed by atoms with van der Waals surface area (Å²) in [5.74, 6) is 1.16. The lowest BCUT2D eigenvalue weighted by Gasteiger charge is -2.22. The molecule has 0 aliphatic carbocycles. The van der Waals surface area contributed by atoms with Crippen LogP contribution >= 0.6 is 11.8 Å². The first-order valence-corrected chi connectivity index (χ1v) is 18.6. The molecule has 3 heterocycles. The summed E-state index contributed by atoms with van der Waals surface area (Å²) in [6.45, 7) is 13.4. The van der Waals surface area contributed by atoms with Crippen LogP contribution in [0, 0.1) is 20.8 Å². The number of rotatable bonds is 6. The van der Waals surface area contributed by atoms with Gasteiger partial charge < -0.3 is 4.57 Å². The molecule has 2 aromatic heterocycles. The first kappa shape index (κ1) is 32.3. The van der Waals surface area contributed by atoms with E-state index < -0.39 is 0 Å². The fourth-order valence-corrected chi connectivity index (χ4v) is 8.77. The van der Waals surface area contributed by atoms with Gasteiger partial charge in [-0.15, -0.1) is 11.8 Å². The van der Waals surface area contributed by atoms with Gasteiger partial charge in [0.05, 0.1) is 27.8 Å². The van der Waals surface area contributed by atoms with E-state index in [2.05, 4.69) is 167 Å². The Kier molecular flexibility index (Phi) is 8.23. The number of aryl methyl sites for hydroxylation is 3. The quantitative estimate of drug-likeness (QED) is 0.176. The highest BCUT2D eigenvalue weighted by molar-refractivity contribution is 8.14. The normalized spacial score (nSPS) is 14.9. The number of pyridine rings is 1. The van der Waals surface area contributed by atoms with Crippen molar-refractivity contribution in [1.82, 2.24) is 9.55 Å². The van der Waals surface area contributed by atoms with Crippen LogP contribution in [0.1, 0.15) is 65.6 Å². The number of hydrogen-bond donors (Lipinski definition) is 0. The minimum Gasteiger partial charge on any atom is -0.309 e. The molecule has 0 N–H and O–H groups in total. The van der Waals surface area contributed by atoms with Gasteiger partial charge in [-0.25, -0.2) is 0 Å². The Labute approximate surface area is 300 Å². The number of benzene rings is 5. The molecule has 50 heavy (non-hydrogen) atoms. The van der Waals surface area contributed by atoms with Gasteiger partial charge in [-0.3, -0.25) is 9.98 Å². The largest absolute Gasteiger partial charge is 0.309 e. The number of thioether (sulfide) groups is 1. The van der Waals surface area contributed by atoms with E-state index in [4.69, 9.17) is 9.98 Å². The first-order valence-electron chi connectivity index (χ1n) is 17.6. The first-order chi connectivity index (χ1) is 24.2. The number of nitrogens with zero attached hydrogens (tertiary/aromatic N) is 3. The third-order valence-electron chi connectivity index (χ3n) is 10.2. The van der Waals surface area contributed by atoms with Crippen LogP contribution in [-0.2, 0) is 5.41 Å². The van der Waals surface area contributed by atoms with Gasteiger partial charge in [-0.1, -0.05) is 111 Å². The fourth-order valence-electron chi connectivity index (χ4n) is 7.59. The molecule has 248 valence electrons. The van der Waals surface area contributed by atoms with Gasteiger partial charge in [0.15, 0.2) is 0 Å². The molecule has 3 nitrogen and oxygen atoms in total. The van der Waals surface area contributed by atoms with Crippen molar-refractivity contribution in [3.63, 3.8) is 0 Å². The van der Waals surface area contributed by atoms with E-state index in [1.165, 1.54) is 66.4 Å². The van der Waals surface area contributed by atoms with Gasteiger partial charge in [-0.05, 0) is 90.4 Å². The van der Waals surface area contributed by atoms with Gasteiger partial charge in [0.25, 0.3) is 0 Å². The van der Waals surface area contributed by atoms with Gasteiger partial charge in [0, 0.05) is 45.5 Å². The molecule has 1 aliphatic heterocycles. The zero-order chi connectivity index (χ0) is 34.6. The van der Waals surface area contributed by atoms with E-state index in [-0.39, 0.29) is 17.4 Å². The van der Waals surface area contributed by atoms with Crippen molar-refractivity contribution in [2.45, 2.75) is 58.9 Å². The smallest absolute Gasteiger partial charge is 0.0985 e. The number of aliphatic imine (C=N–C) groups is 1. The molecule has 1 atom stereocenters. The second-order valence-electron chi connectivity index (χ2n) is 14.8. The highest BCUT2D eigenvalue weighted by Crippen LogP contribution is 2.40. The van der Waals surface area contributed by atoms with Crippen LogP contribution in [0.4, 0.5) is 0 Å². The Morgan fingerprint density at radius 1 is 0.700 bits per heavy atom. The zero-order valence-corrected chi connectivity index (χ0v) is 30.6. The third-order valence-corrected chi connectivity index (χ3v) is 11.3. The predicted octanol–water partition coefficient (Wildman–Crippen LogP) is 11.8. The van der Waals surface area contributed by atoms with Crippen LogP contribution in [0.2, 0.25) is 0 Å². The summed E-state index contributed by atoms with van der Waals surface area (Å²) in [6.07, 6.45) is 1.95. The summed E-state index contributed by atoms with van der Waals surface area (Å²) >= 11 is 1.89. The molecule has 0 bridgehead atoms. The molecule has 0 unspecified atom stereocenters. The Balaban J connectivity index is 1.28. The maximum atomic E-state index is 5.50. The summed E-state index contributed by atoms with van der Waals surface area (Å²) in [5, 5.41) is 3.65. The number of hydrogen-bond acceptors (Lipinski definition) is 3. The summed E-state index contributed by atoms with van der Waals surface area (Å²) in [6, 6.07) is 44.7. The molecule has 1 aliphatic rings. The molecule has 8 rings (SSSR count). The topological polar surface area (TPSA) is 30.2 Å². The van der Waals surface area contributed by atoms with Crippen molar-refractivity contribution in [2.75, 3.05) is 5.75 Å². The second kappa shape index (κ2) is 12.8. The molecule has 5 aromatic carbocycles. The Morgan fingerprint density at radius 3 is 2.12 bits per heavy atom. The molecular formula is C46H43N3S. The molecule has 0 spiro atoms. The van der Waals surface area contributed by atoms with Crippen molar-refractivity contribution < 1.29 is 0 Å². The van der Waals surface area contributed by atoms with E-state index in [9.17, 15) is 0 Å². The van der Waals surface area contributed by atoms with Crippen molar-refractivity contribution in [2.24, 2.45) is 4.99 Å². The average molecular weight is 670 g/mol. The standard InChI is InChI=1S/C46H43N3S/c1-29-17-20-41-38(23-29)36-19-18-34(39-26-35(21-22-47-39)46(4,5)6)25-43(36)49(41)42-27-37(30(2)24-31(42)3)45-48-40(28-50-45)44(32-13-9-7-10-14-32)33-15-11-8-12-16-33/h7-27,40,44H,28H2,1-6H3/t40-/m0/s1. The maximum Gasteiger partial charge on any atom is 0.0985 e. The Hall–Kier alpha value is -4.93. The highest BCUT2D eigenvalue weighted by atomic mass is 32.2. The van der Waals surface area contributed by atoms with E-state index in [1.54, 1.807) is 0 Å². The second-order valence-corrected chi connectivity index (χ2v) is 15.8. The van der Waals surface area contributed by atoms with Crippen LogP contribution in [0.5, 0.6) is 0 Å². The summed E-state index contributed by atoms with van der Waals surface area (Å²) in [5.41, 5.74) is 14.7. The summed E-state index contributed by atoms with van der Waals surface area (Å²) in [4.78, 5) is 10.3. The van der Waals surface area contributed by atoms with E-state index in [0.717, 1.165) is 22.1 Å². The average Bonchev–Trinajstić information content (AvgIpc) is 3.72. The molecular weight excluding hydrogens is 627 g/mol. The monoisotopic (exact) mass is 669 g/mol. The van der Waals surface area contributed by atoms with Crippen molar-refractivity contribution in [3.05, 3.63) is 166 Å². The summed E-state index contributed by atoms with van der Waals surface area (Å²) < 4.78 is 2.47. The minimum atomic E-state index is 0.0474. The minimum absolute atomic E-state index is 0.0474. The lowest BCUT2D eigenvalue weighted by Crippen LogP contribution is -2.18. The molecule has 7 aromatic rings. The molecule has 0 amide bonds. The van der Waals surface area contributed by atoms with Crippen LogP contribution in [-0.4, -0.2) is 26.4 Å². The summed E-state index contributed by atoms with van der Waals surface area (Å²) in [7, 11) is 0. The predicted molar refractivity (Wildman–Crippen MR) is 214 cm³/mol. The van der Waals surface area contributed by atoms with Crippen molar-refractivity contribution >= 4 is 38.6 Å². The Morgan fingerprint density at radius 2 is 1.42 bits per heavy atom.